The van der Waals surface area contributed by atoms with Crippen molar-refractivity contribution in [3.05, 3.63) is 45.6 Å². The van der Waals surface area contributed by atoms with E-state index in [1.165, 1.54) is 11.8 Å². The second-order valence-electron chi connectivity index (χ2n) is 8.48. The highest BCUT2D eigenvalue weighted by atomic mass is 32.2. The summed E-state index contributed by atoms with van der Waals surface area (Å²) in [5.74, 6) is 1.49. The quantitative estimate of drug-likeness (QED) is 0.411. The number of benzene rings is 1. The minimum Gasteiger partial charge on any atom is -0.493 e. The number of fused-ring (bicyclic) bond motifs is 3. The minimum absolute atomic E-state index is 0.130. The second kappa shape index (κ2) is 10.7. The lowest BCUT2D eigenvalue weighted by atomic mass is 9.95. The van der Waals surface area contributed by atoms with Crippen LogP contribution in [0.25, 0.3) is 11.1 Å². The zero-order valence-corrected chi connectivity index (χ0v) is 20.9. The summed E-state index contributed by atoms with van der Waals surface area (Å²) in [5, 5.41) is 33.5. The van der Waals surface area contributed by atoms with Crippen molar-refractivity contribution in [2.75, 3.05) is 34.2 Å². The molecule has 2 aliphatic rings. The Morgan fingerprint density at radius 2 is 1.83 bits per heavy atom. The molecule has 1 unspecified atom stereocenters. The molecular weight excluding hydrogens is 474 g/mol. The Hall–Kier alpha value is -2.34. The summed E-state index contributed by atoms with van der Waals surface area (Å²) in [4.78, 5) is 13.6. The number of ether oxygens (including phenoxy) is 4. The van der Waals surface area contributed by atoms with Crippen molar-refractivity contribution in [2.45, 2.75) is 48.3 Å². The van der Waals surface area contributed by atoms with E-state index in [4.69, 9.17) is 18.9 Å². The number of rotatable bonds is 7. The number of thioether (sulfide) groups is 1. The zero-order valence-electron chi connectivity index (χ0n) is 20.1. The summed E-state index contributed by atoms with van der Waals surface area (Å²) in [5.41, 5.74) is 3.10. The van der Waals surface area contributed by atoms with Crippen LogP contribution in [0.15, 0.2) is 34.0 Å². The van der Waals surface area contributed by atoms with E-state index in [9.17, 15) is 20.1 Å². The monoisotopic (exact) mass is 505 g/mol. The van der Waals surface area contributed by atoms with Gasteiger partial charge in [0.2, 0.25) is 5.75 Å². The first kappa shape index (κ1) is 25.7. The number of aliphatic hydroxyl groups excluding tert-OH is 3. The van der Waals surface area contributed by atoms with E-state index in [2.05, 4.69) is 5.32 Å². The molecule has 10 heteroatoms. The number of aliphatic hydroxyl groups is 3. The van der Waals surface area contributed by atoms with Crippen LogP contribution >= 0.6 is 11.8 Å². The molecule has 190 valence electrons. The maximum Gasteiger partial charge on any atom is 0.203 e. The highest BCUT2D eigenvalue weighted by Gasteiger charge is 2.43. The molecule has 1 aliphatic carbocycles. The van der Waals surface area contributed by atoms with E-state index < -0.39 is 37.2 Å². The first-order valence-corrected chi connectivity index (χ1v) is 12.5. The molecule has 0 aromatic heterocycles. The standard InChI is InChI=1S/C25H31NO8S/c1-31-17-9-12-5-7-15(26-25-22(30)21(29)18(11-27)34-25)14-10-16(28)19(35-4)8-6-13(14)20(12)24(33-3)23(17)32-2/h6,8-10,15,18,21-22,25-27,29-30H,5,7,11H2,1-4H3/t15-,18+,21+,22+,25?/m0/s1. The van der Waals surface area contributed by atoms with Gasteiger partial charge in [0.15, 0.2) is 16.9 Å². The summed E-state index contributed by atoms with van der Waals surface area (Å²) >= 11 is 1.36. The van der Waals surface area contributed by atoms with Gasteiger partial charge < -0.3 is 34.3 Å². The molecule has 0 radical (unpaired) electrons. The fourth-order valence-electron chi connectivity index (χ4n) is 4.88. The molecule has 0 bridgehead atoms. The number of hydrogen-bond acceptors (Lipinski definition) is 10. The van der Waals surface area contributed by atoms with Crippen molar-refractivity contribution in [2.24, 2.45) is 0 Å². The lowest BCUT2D eigenvalue weighted by Gasteiger charge is -2.25. The Labute approximate surface area is 208 Å². The van der Waals surface area contributed by atoms with Gasteiger partial charge >= 0.3 is 0 Å². The fraction of sp³-hybridized carbons (Fsp3) is 0.480. The predicted molar refractivity (Wildman–Crippen MR) is 132 cm³/mol. The number of aryl methyl sites for hydroxylation is 1. The van der Waals surface area contributed by atoms with Gasteiger partial charge in [-0.3, -0.25) is 10.1 Å². The van der Waals surface area contributed by atoms with Crippen molar-refractivity contribution in [3.8, 4) is 28.4 Å². The molecule has 4 rings (SSSR count). The van der Waals surface area contributed by atoms with Gasteiger partial charge in [0.05, 0.1) is 32.8 Å². The van der Waals surface area contributed by atoms with E-state index in [0.717, 1.165) is 16.7 Å². The molecule has 0 saturated carbocycles. The van der Waals surface area contributed by atoms with Crippen LogP contribution < -0.4 is 25.0 Å². The van der Waals surface area contributed by atoms with Gasteiger partial charge in [-0.15, -0.1) is 11.8 Å². The molecule has 1 fully saturated rings. The summed E-state index contributed by atoms with van der Waals surface area (Å²) in [6.45, 7) is -0.420. The largest absolute Gasteiger partial charge is 0.493 e. The lowest BCUT2D eigenvalue weighted by molar-refractivity contribution is -0.0379. The van der Waals surface area contributed by atoms with Crippen LogP contribution in [0.5, 0.6) is 17.2 Å². The highest BCUT2D eigenvalue weighted by Crippen LogP contribution is 2.50. The maximum absolute atomic E-state index is 13.0. The maximum atomic E-state index is 13.0. The molecule has 5 atom stereocenters. The number of nitrogens with one attached hydrogen (secondary N) is 1. The smallest absolute Gasteiger partial charge is 0.203 e. The Balaban J connectivity index is 1.90. The van der Waals surface area contributed by atoms with E-state index >= 15 is 0 Å². The topological polar surface area (TPSA) is 127 Å². The summed E-state index contributed by atoms with van der Waals surface area (Å²) in [6, 6.07) is 6.80. The predicted octanol–water partition coefficient (Wildman–Crippen LogP) is 1.48. The molecule has 1 saturated heterocycles. The van der Waals surface area contributed by atoms with Gasteiger partial charge in [-0.1, -0.05) is 6.07 Å². The number of hydrogen-bond donors (Lipinski definition) is 4. The van der Waals surface area contributed by atoms with Gasteiger partial charge in [0, 0.05) is 11.6 Å². The molecule has 2 aromatic carbocycles. The average molecular weight is 506 g/mol. The van der Waals surface area contributed by atoms with Crippen LogP contribution in [0, 0.1) is 0 Å². The summed E-state index contributed by atoms with van der Waals surface area (Å²) in [7, 11) is 4.67. The van der Waals surface area contributed by atoms with Gasteiger partial charge in [-0.2, -0.15) is 0 Å². The third-order valence-electron chi connectivity index (χ3n) is 6.63. The summed E-state index contributed by atoms with van der Waals surface area (Å²) < 4.78 is 22.7. The normalized spacial score (nSPS) is 25.4. The molecule has 2 aromatic rings. The van der Waals surface area contributed by atoms with Crippen molar-refractivity contribution < 1.29 is 34.3 Å². The third kappa shape index (κ3) is 4.62. The second-order valence-corrected chi connectivity index (χ2v) is 9.32. The van der Waals surface area contributed by atoms with Crippen LogP contribution in [0.2, 0.25) is 0 Å². The first-order chi connectivity index (χ1) is 16.9. The first-order valence-electron chi connectivity index (χ1n) is 11.3. The van der Waals surface area contributed by atoms with Crippen molar-refractivity contribution >= 4 is 11.8 Å². The van der Waals surface area contributed by atoms with E-state index in [1.54, 1.807) is 33.5 Å². The molecule has 0 amide bonds. The lowest BCUT2D eigenvalue weighted by Crippen LogP contribution is -2.42. The number of methoxy groups -OCH3 is 3. The van der Waals surface area contributed by atoms with Gasteiger partial charge in [-0.25, -0.2) is 0 Å². The molecule has 35 heavy (non-hydrogen) atoms. The molecule has 1 heterocycles. The van der Waals surface area contributed by atoms with Crippen LogP contribution in [0.3, 0.4) is 0 Å². The minimum atomic E-state index is -1.23. The molecule has 1 aliphatic heterocycles. The van der Waals surface area contributed by atoms with E-state index in [1.807, 2.05) is 18.4 Å². The van der Waals surface area contributed by atoms with Crippen LogP contribution in [0.4, 0.5) is 0 Å². The summed E-state index contributed by atoms with van der Waals surface area (Å²) in [6.07, 6.45) is -1.28. The highest BCUT2D eigenvalue weighted by molar-refractivity contribution is 7.98. The molecule has 0 spiro atoms. The third-order valence-corrected chi connectivity index (χ3v) is 7.41. The Morgan fingerprint density at radius 1 is 1.09 bits per heavy atom. The van der Waals surface area contributed by atoms with E-state index in [0.29, 0.717) is 40.5 Å². The Morgan fingerprint density at radius 3 is 2.43 bits per heavy atom. The fourth-order valence-corrected chi connectivity index (χ4v) is 5.34. The van der Waals surface area contributed by atoms with E-state index in [-0.39, 0.29) is 5.43 Å². The van der Waals surface area contributed by atoms with Crippen LogP contribution in [0.1, 0.15) is 23.6 Å². The van der Waals surface area contributed by atoms with Gasteiger partial charge in [-0.05, 0) is 54.0 Å². The van der Waals surface area contributed by atoms with Crippen molar-refractivity contribution in [1.29, 1.82) is 0 Å². The average Bonchev–Trinajstić information content (AvgIpc) is 2.98. The van der Waals surface area contributed by atoms with Crippen molar-refractivity contribution in [3.63, 3.8) is 0 Å². The van der Waals surface area contributed by atoms with Crippen LogP contribution in [-0.2, 0) is 11.2 Å². The SMILES string of the molecule is COc1cc2c(c(OC)c1OC)-c1ccc(SC)c(=O)cc1[C@@H](NC1O[C@H](CO)[C@@H](O)[C@H]1O)CC2. The van der Waals surface area contributed by atoms with Gasteiger partial charge in [0.25, 0.3) is 0 Å². The Bertz CT molecular complexity index is 1140. The van der Waals surface area contributed by atoms with Crippen LogP contribution in [-0.4, -0.2) is 74.1 Å². The zero-order chi connectivity index (χ0) is 25.3. The molecular formula is C25H31NO8S. The van der Waals surface area contributed by atoms with Crippen molar-refractivity contribution in [1.82, 2.24) is 5.32 Å². The molecule has 9 nitrogen and oxygen atoms in total. The Kier molecular flexibility index (Phi) is 7.89. The van der Waals surface area contributed by atoms with Gasteiger partial charge in [0.1, 0.15) is 24.5 Å². The molecule has 4 N–H and O–H groups in total.